The minimum absolute atomic E-state index is 0.0308. The van der Waals surface area contributed by atoms with Crippen molar-refractivity contribution in [2.75, 3.05) is 19.6 Å². The maximum atomic E-state index is 12.0. The van der Waals surface area contributed by atoms with Crippen molar-refractivity contribution in [3.63, 3.8) is 0 Å². The first-order valence-corrected chi connectivity index (χ1v) is 6.98. The van der Waals surface area contributed by atoms with Crippen LogP contribution in [0.2, 0.25) is 0 Å². The molecule has 0 aromatic rings. The third-order valence-corrected chi connectivity index (χ3v) is 3.68. The fraction of sp³-hybridized carbons (Fsp3) is 0.846. The highest BCUT2D eigenvalue weighted by atomic mass is 16.2. The first-order chi connectivity index (χ1) is 8.66. The van der Waals surface area contributed by atoms with Gasteiger partial charge in [0.25, 0.3) is 0 Å². The van der Waals surface area contributed by atoms with Crippen LogP contribution in [0.25, 0.3) is 0 Å². The van der Waals surface area contributed by atoms with Crippen LogP contribution in [0.5, 0.6) is 0 Å². The van der Waals surface area contributed by atoms with Crippen LogP contribution >= 0.6 is 0 Å². The summed E-state index contributed by atoms with van der Waals surface area (Å²) in [6.07, 6.45) is 4.79. The van der Waals surface area contributed by atoms with Gasteiger partial charge in [0.05, 0.1) is 6.04 Å². The van der Waals surface area contributed by atoms with E-state index < -0.39 is 0 Å². The van der Waals surface area contributed by atoms with Crippen LogP contribution in [0.4, 0.5) is 0 Å². The molecule has 18 heavy (non-hydrogen) atoms. The van der Waals surface area contributed by atoms with Gasteiger partial charge in [-0.2, -0.15) is 0 Å². The van der Waals surface area contributed by atoms with E-state index in [1.54, 1.807) is 0 Å². The van der Waals surface area contributed by atoms with Crippen LogP contribution in [0, 0.1) is 0 Å². The second kappa shape index (κ2) is 6.18. The second-order valence-corrected chi connectivity index (χ2v) is 5.36. The molecule has 0 radical (unpaired) electrons. The van der Waals surface area contributed by atoms with Crippen LogP contribution in [0.3, 0.4) is 0 Å². The Hall–Kier alpha value is -1.10. The standard InChI is InChI=1S/C13H23N3O2/c1-10(9-16-8-4-6-12(16)17)15-13(18)11-5-2-3-7-14-11/h10-11,14H,2-9H2,1H3,(H,15,18)/t10?,11-/m1/s1. The number of nitrogens with zero attached hydrogens (tertiary/aromatic N) is 1. The Balaban J connectivity index is 1.74. The fourth-order valence-corrected chi connectivity index (χ4v) is 2.69. The van der Waals surface area contributed by atoms with Crippen molar-refractivity contribution in [3.05, 3.63) is 0 Å². The van der Waals surface area contributed by atoms with Crippen LogP contribution in [-0.4, -0.2) is 48.4 Å². The van der Waals surface area contributed by atoms with Gasteiger partial charge in [0.15, 0.2) is 0 Å². The third kappa shape index (κ3) is 3.45. The van der Waals surface area contributed by atoms with E-state index in [-0.39, 0.29) is 23.9 Å². The smallest absolute Gasteiger partial charge is 0.237 e. The Morgan fingerprint density at radius 1 is 1.50 bits per heavy atom. The number of piperidine rings is 1. The predicted molar refractivity (Wildman–Crippen MR) is 69.1 cm³/mol. The van der Waals surface area contributed by atoms with E-state index in [2.05, 4.69) is 10.6 Å². The molecule has 2 aliphatic rings. The van der Waals surface area contributed by atoms with Gasteiger partial charge in [0.1, 0.15) is 0 Å². The lowest BCUT2D eigenvalue weighted by atomic mass is 10.0. The molecule has 2 saturated heterocycles. The minimum atomic E-state index is -0.0459. The van der Waals surface area contributed by atoms with E-state index in [0.717, 1.165) is 38.8 Å². The van der Waals surface area contributed by atoms with Crippen LogP contribution < -0.4 is 10.6 Å². The van der Waals surface area contributed by atoms with E-state index in [0.29, 0.717) is 13.0 Å². The molecule has 2 fully saturated rings. The molecule has 0 saturated carbocycles. The van der Waals surface area contributed by atoms with Gasteiger partial charge in [0, 0.05) is 25.6 Å². The Bertz CT molecular complexity index is 313. The molecule has 2 aliphatic heterocycles. The zero-order valence-corrected chi connectivity index (χ0v) is 11.1. The van der Waals surface area contributed by atoms with Crippen LogP contribution in [0.1, 0.15) is 39.0 Å². The molecule has 2 rings (SSSR count). The van der Waals surface area contributed by atoms with Crippen molar-refractivity contribution < 1.29 is 9.59 Å². The molecule has 0 spiro atoms. The summed E-state index contributed by atoms with van der Waals surface area (Å²) in [7, 11) is 0. The third-order valence-electron chi connectivity index (χ3n) is 3.68. The van der Waals surface area contributed by atoms with Gasteiger partial charge in [-0.1, -0.05) is 6.42 Å². The quantitative estimate of drug-likeness (QED) is 0.755. The molecular weight excluding hydrogens is 230 g/mol. The summed E-state index contributed by atoms with van der Waals surface area (Å²) in [4.78, 5) is 25.3. The predicted octanol–water partition coefficient (Wildman–Crippen LogP) is 0.256. The number of carbonyl (C=O) groups is 2. The zero-order chi connectivity index (χ0) is 13.0. The normalized spacial score (nSPS) is 26.2. The number of carbonyl (C=O) groups excluding carboxylic acids is 2. The lowest BCUT2D eigenvalue weighted by Crippen LogP contribution is -2.51. The number of nitrogens with one attached hydrogen (secondary N) is 2. The molecule has 0 aliphatic carbocycles. The summed E-state index contributed by atoms with van der Waals surface area (Å²) in [5.74, 6) is 0.292. The van der Waals surface area contributed by atoms with Crippen molar-refractivity contribution in [1.29, 1.82) is 0 Å². The lowest BCUT2D eigenvalue weighted by Gasteiger charge is -2.26. The van der Waals surface area contributed by atoms with Gasteiger partial charge >= 0.3 is 0 Å². The first-order valence-electron chi connectivity index (χ1n) is 6.98. The highest BCUT2D eigenvalue weighted by Gasteiger charge is 2.25. The first kappa shape index (κ1) is 13.3. The van der Waals surface area contributed by atoms with Gasteiger partial charge in [-0.15, -0.1) is 0 Å². The summed E-state index contributed by atoms with van der Waals surface area (Å²) in [5.41, 5.74) is 0. The maximum Gasteiger partial charge on any atom is 0.237 e. The summed E-state index contributed by atoms with van der Waals surface area (Å²) in [6, 6.07) is -0.0150. The summed E-state index contributed by atoms with van der Waals surface area (Å²) in [5, 5.41) is 6.24. The molecule has 5 nitrogen and oxygen atoms in total. The van der Waals surface area contributed by atoms with E-state index in [4.69, 9.17) is 0 Å². The number of likely N-dealkylation sites (tertiary alicyclic amines) is 1. The van der Waals surface area contributed by atoms with Gasteiger partial charge < -0.3 is 15.5 Å². The summed E-state index contributed by atoms with van der Waals surface area (Å²) in [6.45, 7) is 4.36. The molecule has 1 unspecified atom stereocenters. The van der Waals surface area contributed by atoms with Gasteiger partial charge in [-0.05, 0) is 32.7 Å². The van der Waals surface area contributed by atoms with Crippen LogP contribution in [0.15, 0.2) is 0 Å². The number of rotatable bonds is 4. The summed E-state index contributed by atoms with van der Waals surface area (Å²) < 4.78 is 0. The Morgan fingerprint density at radius 3 is 2.94 bits per heavy atom. The maximum absolute atomic E-state index is 12.0. The highest BCUT2D eigenvalue weighted by molar-refractivity contribution is 5.82. The molecule has 5 heteroatoms. The van der Waals surface area contributed by atoms with E-state index in [9.17, 15) is 9.59 Å². The molecule has 0 aromatic carbocycles. The van der Waals surface area contributed by atoms with Crippen molar-refractivity contribution in [2.45, 2.75) is 51.1 Å². The van der Waals surface area contributed by atoms with E-state index >= 15 is 0 Å². The van der Waals surface area contributed by atoms with Crippen LogP contribution in [-0.2, 0) is 9.59 Å². The van der Waals surface area contributed by atoms with Crippen molar-refractivity contribution >= 4 is 11.8 Å². The van der Waals surface area contributed by atoms with Crippen molar-refractivity contribution in [1.82, 2.24) is 15.5 Å². The van der Waals surface area contributed by atoms with Crippen molar-refractivity contribution in [3.8, 4) is 0 Å². The Kier molecular flexibility index (Phi) is 4.58. The molecule has 2 N–H and O–H groups in total. The molecule has 0 aromatic heterocycles. The number of hydrogen-bond donors (Lipinski definition) is 2. The monoisotopic (exact) mass is 253 g/mol. The molecule has 102 valence electrons. The number of hydrogen-bond acceptors (Lipinski definition) is 3. The van der Waals surface area contributed by atoms with E-state index in [1.807, 2.05) is 11.8 Å². The molecule has 2 amide bonds. The molecule has 0 bridgehead atoms. The zero-order valence-electron chi connectivity index (χ0n) is 11.1. The average molecular weight is 253 g/mol. The highest BCUT2D eigenvalue weighted by Crippen LogP contribution is 2.10. The van der Waals surface area contributed by atoms with Crippen molar-refractivity contribution in [2.24, 2.45) is 0 Å². The lowest BCUT2D eigenvalue weighted by molar-refractivity contribution is -0.129. The minimum Gasteiger partial charge on any atom is -0.351 e. The number of amides is 2. The molecular formula is C13H23N3O2. The van der Waals surface area contributed by atoms with Gasteiger partial charge in [-0.25, -0.2) is 0 Å². The van der Waals surface area contributed by atoms with Gasteiger partial charge in [-0.3, -0.25) is 9.59 Å². The summed E-state index contributed by atoms with van der Waals surface area (Å²) >= 11 is 0. The SMILES string of the molecule is CC(CN1CCCC1=O)NC(=O)[C@H]1CCCCN1. The Morgan fingerprint density at radius 2 is 2.33 bits per heavy atom. The molecule has 2 atom stereocenters. The Labute approximate surface area is 108 Å². The second-order valence-electron chi connectivity index (χ2n) is 5.36. The fourth-order valence-electron chi connectivity index (χ4n) is 2.69. The largest absolute Gasteiger partial charge is 0.351 e. The average Bonchev–Trinajstić information content (AvgIpc) is 2.76. The molecule has 2 heterocycles. The van der Waals surface area contributed by atoms with Gasteiger partial charge in [0.2, 0.25) is 11.8 Å². The topological polar surface area (TPSA) is 61.4 Å². The van der Waals surface area contributed by atoms with E-state index in [1.165, 1.54) is 0 Å².